The highest BCUT2D eigenvalue weighted by Gasteiger charge is 2.34. The van der Waals surface area contributed by atoms with Crippen molar-refractivity contribution in [1.82, 2.24) is 29.1 Å². The Hall–Kier alpha value is -3.84. The van der Waals surface area contributed by atoms with E-state index in [9.17, 15) is 0 Å². The highest BCUT2D eigenvalue weighted by Crippen LogP contribution is 2.39. The van der Waals surface area contributed by atoms with Gasteiger partial charge in [0.05, 0.1) is 18.7 Å². The second-order valence-electron chi connectivity index (χ2n) is 8.49. The predicted molar refractivity (Wildman–Crippen MR) is 124 cm³/mol. The van der Waals surface area contributed by atoms with Gasteiger partial charge in [-0.15, -0.1) is 0 Å². The van der Waals surface area contributed by atoms with Crippen LogP contribution in [0.3, 0.4) is 0 Å². The zero-order chi connectivity index (χ0) is 21.7. The van der Waals surface area contributed by atoms with Crippen LogP contribution in [0.4, 0.5) is 0 Å². The average Bonchev–Trinajstić information content (AvgIpc) is 3.40. The standard InChI is InChI=1S/C25H23N7/c1-31-16-27-15-21(31)24-29-20-14-28-22(17-6-3-2-4-7-17)30-23(20)32(24)19-10-8-18(9-11-19)25(26)12-5-13-25/h2-4,6-11,14-16H,5,12-13,26H2,1H3. The number of aryl methyl sites for hydroxylation is 1. The Labute approximate surface area is 185 Å². The molecular formula is C25H23N7. The van der Waals surface area contributed by atoms with Gasteiger partial charge in [-0.1, -0.05) is 42.5 Å². The molecule has 0 aliphatic heterocycles. The van der Waals surface area contributed by atoms with Crippen LogP contribution in [0.1, 0.15) is 24.8 Å². The molecule has 1 aliphatic rings. The molecule has 0 unspecified atom stereocenters. The normalized spacial score (nSPS) is 15.1. The molecule has 158 valence electrons. The second kappa shape index (κ2) is 7.10. The maximum absolute atomic E-state index is 6.54. The largest absolute Gasteiger partial charge is 0.331 e. The van der Waals surface area contributed by atoms with E-state index in [0.29, 0.717) is 5.82 Å². The van der Waals surface area contributed by atoms with E-state index in [2.05, 4.69) is 38.8 Å². The topological polar surface area (TPSA) is 87.4 Å². The van der Waals surface area contributed by atoms with Gasteiger partial charge in [0.1, 0.15) is 11.2 Å². The minimum Gasteiger partial charge on any atom is -0.331 e. The molecule has 32 heavy (non-hydrogen) atoms. The molecule has 5 aromatic rings. The van der Waals surface area contributed by atoms with Crippen molar-refractivity contribution in [1.29, 1.82) is 0 Å². The molecule has 7 heteroatoms. The first kappa shape index (κ1) is 18.9. The maximum atomic E-state index is 6.54. The summed E-state index contributed by atoms with van der Waals surface area (Å²) in [7, 11) is 1.96. The number of imidazole rings is 2. The number of benzene rings is 2. The summed E-state index contributed by atoms with van der Waals surface area (Å²) in [6, 6.07) is 18.5. The van der Waals surface area contributed by atoms with Crippen LogP contribution < -0.4 is 5.73 Å². The van der Waals surface area contributed by atoms with Crippen molar-refractivity contribution >= 4 is 11.2 Å². The number of rotatable bonds is 4. The second-order valence-corrected chi connectivity index (χ2v) is 8.49. The number of hydrogen-bond acceptors (Lipinski definition) is 5. The van der Waals surface area contributed by atoms with Crippen molar-refractivity contribution in [2.45, 2.75) is 24.8 Å². The van der Waals surface area contributed by atoms with E-state index in [1.807, 2.05) is 48.1 Å². The smallest absolute Gasteiger partial charge is 0.169 e. The summed E-state index contributed by atoms with van der Waals surface area (Å²) in [5, 5.41) is 0. The van der Waals surface area contributed by atoms with Crippen molar-refractivity contribution in [3.8, 4) is 28.6 Å². The van der Waals surface area contributed by atoms with Crippen LogP contribution in [0.5, 0.6) is 0 Å². The zero-order valence-electron chi connectivity index (χ0n) is 17.8. The molecule has 7 nitrogen and oxygen atoms in total. The van der Waals surface area contributed by atoms with Crippen LogP contribution in [-0.2, 0) is 12.6 Å². The van der Waals surface area contributed by atoms with Gasteiger partial charge in [0.2, 0.25) is 0 Å². The molecule has 2 N–H and O–H groups in total. The van der Waals surface area contributed by atoms with Crippen LogP contribution in [0.2, 0.25) is 0 Å². The molecule has 0 bridgehead atoms. The van der Waals surface area contributed by atoms with E-state index in [4.69, 9.17) is 15.7 Å². The third-order valence-corrected chi connectivity index (χ3v) is 6.42. The summed E-state index contributed by atoms with van der Waals surface area (Å²) in [5.41, 5.74) is 11.9. The summed E-state index contributed by atoms with van der Waals surface area (Å²) in [6.07, 6.45) is 8.65. The average molecular weight is 422 g/mol. The lowest BCUT2D eigenvalue weighted by atomic mass is 9.73. The van der Waals surface area contributed by atoms with Gasteiger partial charge in [-0.2, -0.15) is 0 Å². The third-order valence-electron chi connectivity index (χ3n) is 6.42. The number of nitrogens with zero attached hydrogens (tertiary/aromatic N) is 6. The van der Waals surface area contributed by atoms with Gasteiger partial charge < -0.3 is 10.3 Å². The Kier molecular flexibility index (Phi) is 4.19. The minimum atomic E-state index is -0.191. The molecule has 1 aliphatic carbocycles. The summed E-state index contributed by atoms with van der Waals surface area (Å²) < 4.78 is 4.04. The summed E-state index contributed by atoms with van der Waals surface area (Å²) in [6.45, 7) is 0. The van der Waals surface area contributed by atoms with Gasteiger partial charge in [-0.25, -0.2) is 19.9 Å². The highest BCUT2D eigenvalue weighted by molar-refractivity contribution is 5.80. The lowest BCUT2D eigenvalue weighted by molar-refractivity contribution is 0.253. The van der Waals surface area contributed by atoms with E-state index < -0.39 is 0 Å². The minimum absolute atomic E-state index is 0.191. The van der Waals surface area contributed by atoms with Crippen LogP contribution in [0.25, 0.3) is 39.8 Å². The molecule has 0 amide bonds. The van der Waals surface area contributed by atoms with Gasteiger partial charge in [0.15, 0.2) is 17.3 Å². The molecule has 0 spiro atoms. The van der Waals surface area contributed by atoms with Crippen molar-refractivity contribution in [2.24, 2.45) is 12.8 Å². The van der Waals surface area contributed by atoms with E-state index in [0.717, 1.165) is 46.8 Å². The van der Waals surface area contributed by atoms with Gasteiger partial charge in [0.25, 0.3) is 0 Å². The molecule has 1 fully saturated rings. The first-order valence-corrected chi connectivity index (χ1v) is 10.8. The summed E-state index contributed by atoms with van der Waals surface area (Å²) in [5.74, 6) is 1.45. The molecular weight excluding hydrogens is 398 g/mol. The van der Waals surface area contributed by atoms with E-state index in [1.165, 1.54) is 12.0 Å². The Morgan fingerprint density at radius 2 is 1.72 bits per heavy atom. The van der Waals surface area contributed by atoms with Gasteiger partial charge in [0, 0.05) is 23.8 Å². The van der Waals surface area contributed by atoms with Crippen LogP contribution >= 0.6 is 0 Å². The molecule has 0 radical (unpaired) electrons. The number of nitrogens with two attached hydrogens (primary N) is 1. The highest BCUT2D eigenvalue weighted by atomic mass is 15.2. The maximum Gasteiger partial charge on any atom is 0.169 e. The molecule has 3 heterocycles. The fourth-order valence-corrected chi connectivity index (χ4v) is 4.38. The van der Waals surface area contributed by atoms with Crippen molar-refractivity contribution in [2.75, 3.05) is 0 Å². The molecule has 2 aromatic carbocycles. The lowest BCUT2D eigenvalue weighted by Crippen LogP contribution is -2.43. The number of hydrogen-bond donors (Lipinski definition) is 1. The van der Waals surface area contributed by atoms with Crippen molar-refractivity contribution in [3.05, 3.63) is 78.9 Å². The molecule has 0 atom stereocenters. The molecule has 0 saturated heterocycles. The quantitative estimate of drug-likeness (QED) is 0.469. The summed E-state index contributed by atoms with van der Waals surface area (Å²) >= 11 is 0. The number of fused-ring (bicyclic) bond motifs is 1. The lowest BCUT2D eigenvalue weighted by Gasteiger charge is -2.38. The zero-order valence-corrected chi connectivity index (χ0v) is 17.8. The van der Waals surface area contributed by atoms with E-state index in [1.54, 1.807) is 12.5 Å². The summed E-state index contributed by atoms with van der Waals surface area (Å²) in [4.78, 5) is 18.7. The monoisotopic (exact) mass is 421 g/mol. The Morgan fingerprint density at radius 3 is 2.38 bits per heavy atom. The van der Waals surface area contributed by atoms with Gasteiger partial charge in [-0.05, 0) is 37.0 Å². The Morgan fingerprint density at radius 1 is 0.938 bits per heavy atom. The molecule has 3 aromatic heterocycles. The van der Waals surface area contributed by atoms with Crippen molar-refractivity contribution in [3.63, 3.8) is 0 Å². The van der Waals surface area contributed by atoms with Crippen molar-refractivity contribution < 1.29 is 0 Å². The Bertz CT molecular complexity index is 1410. The van der Waals surface area contributed by atoms with E-state index >= 15 is 0 Å². The molecule has 1 saturated carbocycles. The fraction of sp³-hybridized carbons (Fsp3) is 0.200. The molecule has 6 rings (SSSR count). The van der Waals surface area contributed by atoms with Gasteiger partial charge >= 0.3 is 0 Å². The Balaban J connectivity index is 1.56. The van der Waals surface area contributed by atoms with E-state index in [-0.39, 0.29) is 5.54 Å². The van der Waals surface area contributed by atoms with Gasteiger partial charge in [-0.3, -0.25) is 4.57 Å². The first-order valence-electron chi connectivity index (χ1n) is 10.8. The fourth-order valence-electron chi connectivity index (χ4n) is 4.38. The third kappa shape index (κ3) is 2.93. The van der Waals surface area contributed by atoms with Crippen LogP contribution in [0.15, 0.2) is 73.3 Å². The SMILES string of the molecule is Cn1cncc1-c1nc2cnc(-c3ccccc3)nc2n1-c1ccc(C2(N)CCC2)cc1. The first-order chi connectivity index (χ1) is 15.6. The van der Waals surface area contributed by atoms with Crippen LogP contribution in [0, 0.1) is 0 Å². The number of aromatic nitrogens is 6. The predicted octanol–water partition coefficient (Wildman–Crippen LogP) is 4.22. The van der Waals surface area contributed by atoms with Crippen LogP contribution in [-0.4, -0.2) is 29.1 Å².